The van der Waals surface area contributed by atoms with E-state index >= 15 is 0 Å². The van der Waals surface area contributed by atoms with E-state index in [1.807, 2.05) is 44.7 Å². The largest absolute Gasteiger partial charge is 1.00 e. The van der Waals surface area contributed by atoms with Gasteiger partial charge in [-0.1, -0.05) is 27.7 Å². The molecule has 1 fully saturated rings. The Kier molecular flexibility index (Phi) is 13.1. The molecule has 1 rings (SSSR count). The fourth-order valence-electron chi connectivity index (χ4n) is 4.79. The van der Waals surface area contributed by atoms with Crippen molar-refractivity contribution in [3.63, 3.8) is 0 Å². The monoisotopic (exact) mass is 503 g/mol. The van der Waals surface area contributed by atoms with Gasteiger partial charge in [-0.15, -0.1) is 0 Å². The van der Waals surface area contributed by atoms with Crippen molar-refractivity contribution in [2.24, 2.45) is 10.8 Å². The number of hydrogen-bond acceptors (Lipinski definition) is 4. The topological polar surface area (TPSA) is 81.8 Å². The highest BCUT2D eigenvalue weighted by molar-refractivity contribution is 5.86. The molecule has 0 aromatic rings. The molecular formula is C25H50ClN5O3. The number of halogens is 1. The van der Waals surface area contributed by atoms with Crippen LogP contribution < -0.4 is 23.0 Å². The van der Waals surface area contributed by atoms with Crippen molar-refractivity contribution in [3.05, 3.63) is 0 Å². The fourth-order valence-corrected chi connectivity index (χ4v) is 4.79. The number of likely N-dealkylation sites (tertiary alicyclic amines) is 1. The molecule has 0 bridgehead atoms. The van der Waals surface area contributed by atoms with E-state index in [1.54, 1.807) is 0 Å². The van der Waals surface area contributed by atoms with Crippen LogP contribution in [0, 0.1) is 10.8 Å². The van der Waals surface area contributed by atoms with Crippen LogP contribution in [-0.2, 0) is 14.4 Å². The van der Waals surface area contributed by atoms with E-state index in [-0.39, 0.29) is 36.2 Å². The standard InChI is InChI=1S/C25H49N5O3.ClH/c1-10-20(29-15-11-13-21(29)31)17-25(4,23(33)27-19-28(5)6)18-24(2,3)22(32)26-14-12-16-30(7,8)9;/h20H,10-19H2,1-9H3,(H-,26,27,32,33);1H. The van der Waals surface area contributed by atoms with Gasteiger partial charge < -0.3 is 32.4 Å². The second kappa shape index (κ2) is 13.6. The molecule has 0 aromatic carbocycles. The molecule has 0 aromatic heterocycles. The number of nitrogens with zero attached hydrogens (tertiary/aromatic N) is 3. The molecular weight excluding hydrogens is 454 g/mol. The number of hydrogen-bond donors (Lipinski definition) is 2. The summed E-state index contributed by atoms with van der Waals surface area (Å²) in [5.41, 5.74) is -1.49. The van der Waals surface area contributed by atoms with Gasteiger partial charge in [-0.3, -0.25) is 19.3 Å². The van der Waals surface area contributed by atoms with Gasteiger partial charge in [0.25, 0.3) is 0 Å². The number of amides is 3. The fraction of sp³-hybridized carbons (Fsp3) is 0.880. The maximum Gasteiger partial charge on any atom is 0.227 e. The molecule has 200 valence electrons. The molecule has 1 heterocycles. The summed E-state index contributed by atoms with van der Waals surface area (Å²) in [4.78, 5) is 42.8. The first-order valence-electron chi connectivity index (χ1n) is 12.4. The summed E-state index contributed by atoms with van der Waals surface area (Å²) >= 11 is 0. The summed E-state index contributed by atoms with van der Waals surface area (Å²) in [5, 5.41) is 6.12. The number of nitrogens with one attached hydrogen (secondary N) is 2. The smallest absolute Gasteiger partial charge is 0.227 e. The molecule has 3 amide bonds. The van der Waals surface area contributed by atoms with Crippen LogP contribution in [0.15, 0.2) is 0 Å². The Morgan fingerprint density at radius 2 is 1.74 bits per heavy atom. The Morgan fingerprint density at radius 1 is 1.12 bits per heavy atom. The average Bonchev–Trinajstić information content (AvgIpc) is 3.11. The van der Waals surface area contributed by atoms with E-state index in [4.69, 9.17) is 0 Å². The maximum absolute atomic E-state index is 13.4. The summed E-state index contributed by atoms with van der Waals surface area (Å²) in [6.45, 7) is 10.7. The lowest BCUT2D eigenvalue weighted by Crippen LogP contribution is -3.00. The highest BCUT2D eigenvalue weighted by atomic mass is 35.5. The van der Waals surface area contributed by atoms with Crippen LogP contribution in [0.25, 0.3) is 0 Å². The van der Waals surface area contributed by atoms with Gasteiger partial charge in [0.1, 0.15) is 0 Å². The minimum atomic E-state index is -0.775. The lowest BCUT2D eigenvalue weighted by molar-refractivity contribution is -0.870. The Labute approximate surface area is 214 Å². The molecule has 1 aliphatic rings. The minimum absolute atomic E-state index is 0. The molecule has 0 saturated carbocycles. The van der Waals surface area contributed by atoms with Crippen molar-refractivity contribution in [2.45, 2.75) is 72.3 Å². The number of carbonyl (C=O) groups is 3. The SMILES string of the molecule is CCC(CC(C)(CC(C)(C)C(=O)NCCC[N+](C)(C)C)C(=O)NCN(C)C)N1CCCC1=O.[Cl-]. The van der Waals surface area contributed by atoms with Crippen molar-refractivity contribution in [2.75, 3.05) is 61.5 Å². The predicted molar refractivity (Wildman–Crippen MR) is 133 cm³/mol. The van der Waals surface area contributed by atoms with Crippen molar-refractivity contribution in [1.29, 1.82) is 0 Å². The predicted octanol–water partition coefficient (Wildman–Crippen LogP) is -0.948. The van der Waals surface area contributed by atoms with Crippen LogP contribution in [0.1, 0.15) is 66.2 Å². The Bertz CT molecular complexity index is 678. The molecule has 0 spiro atoms. The van der Waals surface area contributed by atoms with E-state index < -0.39 is 10.8 Å². The molecule has 0 radical (unpaired) electrons. The lowest BCUT2D eigenvalue weighted by Gasteiger charge is -2.40. The van der Waals surface area contributed by atoms with Crippen LogP contribution in [0.2, 0.25) is 0 Å². The van der Waals surface area contributed by atoms with Crippen molar-refractivity contribution >= 4 is 17.7 Å². The van der Waals surface area contributed by atoms with Crippen LogP contribution in [-0.4, -0.2) is 99.6 Å². The molecule has 1 aliphatic heterocycles. The van der Waals surface area contributed by atoms with Gasteiger partial charge in [0, 0.05) is 42.8 Å². The molecule has 2 atom stereocenters. The van der Waals surface area contributed by atoms with Gasteiger partial charge >= 0.3 is 0 Å². The summed E-state index contributed by atoms with van der Waals surface area (Å²) in [6.07, 6.45) is 4.12. The molecule has 8 nitrogen and oxygen atoms in total. The van der Waals surface area contributed by atoms with Gasteiger partial charge in [0.05, 0.1) is 34.4 Å². The van der Waals surface area contributed by atoms with Crippen LogP contribution in [0.4, 0.5) is 0 Å². The Morgan fingerprint density at radius 3 is 2.21 bits per heavy atom. The molecule has 1 saturated heterocycles. The van der Waals surface area contributed by atoms with Gasteiger partial charge in [-0.25, -0.2) is 0 Å². The summed E-state index contributed by atoms with van der Waals surface area (Å²) in [5.74, 6) is 0.0835. The Balaban J connectivity index is 0.0000109. The van der Waals surface area contributed by atoms with E-state index in [0.29, 0.717) is 32.5 Å². The number of carbonyl (C=O) groups excluding carboxylic acids is 3. The zero-order valence-corrected chi connectivity index (χ0v) is 23.8. The third-order valence-electron chi connectivity index (χ3n) is 6.55. The lowest BCUT2D eigenvalue weighted by atomic mass is 9.69. The van der Waals surface area contributed by atoms with Crippen molar-refractivity contribution in [3.8, 4) is 0 Å². The van der Waals surface area contributed by atoms with Crippen LogP contribution >= 0.6 is 0 Å². The van der Waals surface area contributed by atoms with Crippen molar-refractivity contribution < 1.29 is 31.3 Å². The van der Waals surface area contributed by atoms with Crippen LogP contribution in [0.3, 0.4) is 0 Å². The van der Waals surface area contributed by atoms with Gasteiger partial charge in [-0.2, -0.15) is 0 Å². The van der Waals surface area contributed by atoms with Gasteiger partial charge in [-0.05, 0) is 39.8 Å². The van der Waals surface area contributed by atoms with Gasteiger partial charge in [0.2, 0.25) is 17.7 Å². The van der Waals surface area contributed by atoms with E-state index in [9.17, 15) is 14.4 Å². The molecule has 2 unspecified atom stereocenters. The summed E-state index contributed by atoms with van der Waals surface area (Å²) in [6, 6.07) is -0.00137. The summed E-state index contributed by atoms with van der Waals surface area (Å²) in [7, 11) is 10.2. The normalized spacial score (nSPS) is 17.2. The van der Waals surface area contributed by atoms with E-state index in [1.165, 1.54) is 0 Å². The zero-order valence-electron chi connectivity index (χ0n) is 23.1. The average molecular weight is 504 g/mol. The number of rotatable bonds is 14. The zero-order chi connectivity index (χ0) is 25.4. The molecule has 2 N–H and O–H groups in total. The quantitative estimate of drug-likeness (QED) is 0.182. The highest BCUT2D eigenvalue weighted by Crippen LogP contribution is 2.40. The second-order valence-electron chi connectivity index (χ2n) is 11.9. The van der Waals surface area contributed by atoms with E-state index in [2.05, 4.69) is 38.7 Å². The first kappa shape index (κ1) is 32.6. The Hall–Kier alpha value is -1.38. The third-order valence-corrected chi connectivity index (χ3v) is 6.55. The molecule has 34 heavy (non-hydrogen) atoms. The summed E-state index contributed by atoms with van der Waals surface area (Å²) < 4.78 is 0.858. The molecule has 9 heteroatoms. The maximum atomic E-state index is 13.4. The van der Waals surface area contributed by atoms with Crippen LogP contribution in [0.5, 0.6) is 0 Å². The highest BCUT2D eigenvalue weighted by Gasteiger charge is 2.44. The van der Waals surface area contributed by atoms with E-state index in [0.717, 1.165) is 36.8 Å². The molecule has 0 aliphatic carbocycles. The van der Waals surface area contributed by atoms with Crippen molar-refractivity contribution in [1.82, 2.24) is 20.4 Å². The van der Waals surface area contributed by atoms with Gasteiger partial charge in [0.15, 0.2) is 0 Å². The number of quaternary nitrogens is 1. The first-order valence-corrected chi connectivity index (χ1v) is 12.4. The first-order chi connectivity index (χ1) is 15.1. The second-order valence-corrected chi connectivity index (χ2v) is 11.9. The minimum Gasteiger partial charge on any atom is -1.00 e. The third kappa shape index (κ3) is 10.5.